The molecule has 0 radical (unpaired) electrons. The van der Waals surface area contributed by atoms with E-state index >= 15 is 0 Å². The van der Waals surface area contributed by atoms with Crippen LogP contribution < -0.4 is 5.32 Å². The van der Waals surface area contributed by atoms with E-state index in [2.05, 4.69) is 26.3 Å². The van der Waals surface area contributed by atoms with Gasteiger partial charge in [0.15, 0.2) is 0 Å². The summed E-state index contributed by atoms with van der Waals surface area (Å²) in [7, 11) is 1.73. The molecule has 1 aromatic carbocycles. The molecule has 2 aromatic rings. The summed E-state index contributed by atoms with van der Waals surface area (Å²) < 4.78 is 15.6. The van der Waals surface area contributed by atoms with Crippen molar-refractivity contribution in [2.45, 2.75) is 0 Å². The number of carbonyl (C=O) groups is 1. The van der Waals surface area contributed by atoms with Gasteiger partial charge in [0.05, 0.1) is 17.4 Å². The number of carbonyl (C=O) groups excluding carboxylic acids is 1. The van der Waals surface area contributed by atoms with Crippen LogP contribution in [0.15, 0.2) is 35.1 Å². The Morgan fingerprint density at radius 1 is 1.53 bits per heavy atom. The Morgan fingerprint density at radius 2 is 2.29 bits per heavy atom. The lowest BCUT2D eigenvalue weighted by molar-refractivity contribution is 0.102. The average Bonchev–Trinajstić information content (AvgIpc) is 2.63. The van der Waals surface area contributed by atoms with Gasteiger partial charge in [0, 0.05) is 17.7 Å². The zero-order chi connectivity index (χ0) is 12.4. The number of benzene rings is 1. The number of hydrogen-bond donors (Lipinski definition) is 1. The Bertz CT molecular complexity index is 568. The van der Waals surface area contributed by atoms with Crippen LogP contribution in [0.5, 0.6) is 0 Å². The number of halogens is 2. The highest BCUT2D eigenvalue weighted by atomic mass is 79.9. The van der Waals surface area contributed by atoms with Crippen LogP contribution in [0, 0.1) is 5.82 Å². The van der Waals surface area contributed by atoms with Crippen molar-refractivity contribution in [3.63, 3.8) is 0 Å². The molecule has 0 aliphatic heterocycles. The first-order valence-electron chi connectivity index (χ1n) is 4.81. The van der Waals surface area contributed by atoms with Crippen molar-refractivity contribution in [2.24, 2.45) is 7.05 Å². The fraction of sp³-hybridized carbons (Fsp3) is 0.0909. The molecule has 1 amide bonds. The Hall–Kier alpha value is -1.69. The smallest absolute Gasteiger partial charge is 0.258 e. The number of amides is 1. The second kappa shape index (κ2) is 4.67. The van der Waals surface area contributed by atoms with Crippen LogP contribution >= 0.6 is 15.9 Å². The van der Waals surface area contributed by atoms with Crippen LogP contribution in [0.4, 0.5) is 10.1 Å². The minimum Gasteiger partial charge on any atom is -0.319 e. The van der Waals surface area contributed by atoms with Crippen LogP contribution in [0.3, 0.4) is 0 Å². The van der Waals surface area contributed by atoms with Crippen LogP contribution in [-0.2, 0) is 7.05 Å². The first-order valence-corrected chi connectivity index (χ1v) is 5.60. The third-order valence-corrected chi connectivity index (χ3v) is 2.63. The summed E-state index contributed by atoms with van der Waals surface area (Å²) in [6, 6.07) is 4.28. The first kappa shape index (κ1) is 11.8. The molecule has 0 fully saturated rings. The number of anilines is 1. The van der Waals surface area contributed by atoms with E-state index in [1.807, 2.05) is 0 Å². The van der Waals surface area contributed by atoms with Gasteiger partial charge in [0.1, 0.15) is 5.82 Å². The van der Waals surface area contributed by atoms with E-state index in [1.165, 1.54) is 18.3 Å². The maximum absolute atomic E-state index is 13.5. The molecule has 0 bridgehead atoms. The van der Waals surface area contributed by atoms with Gasteiger partial charge >= 0.3 is 0 Å². The normalized spacial score (nSPS) is 10.3. The second-order valence-corrected chi connectivity index (χ2v) is 4.40. The summed E-state index contributed by atoms with van der Waals surface area (Å²) >= 11 is 3.13. The van der Waals surface area contributed by atoms with Gasteiger partial charge in [-0.25, -0.2) is 4.39 Å². The molecule has 0 spiro atoms. The van der Waals surface area contributed by atoms with E-state index in [0.29, 0.717) is 10.2 Å². The Morgan fingerprint density at radius 3 is 2.88 bits per heavy atom. The number of rotatable bonds is 2. The van der Waals surface area contributed by atoms with Crippen molar-refractivity contribution < 1.29 is 9.18 Å². The number of hydrogen-bond acceptors (Lipinski definition) is 2. The number of nitrogens with zero attached hydrogens (tertiary/aromatic N) is 2. The summed E-state index contributed by atoms with van der Waals surface area (Å²) in [5, 5.41) is 6.46. The van der Waals surface area contributed by atoms with Gasteiger partial charge in [-0.05, 0) is 18.2 Å². The summed E-state index contributed by atoms with van der Waals surface area (Å²) in [5.41, 5.74) is 0.525. The molecule has 1 N–H and O–H groups in total. The van der Waals surface area contributed by atoms with Gasteiger partial charge in [-0.3, -0.25) is 9.48 Å². The van der Waals surface area contributed by atoms with Gasteiger partial charge in [0.25, 0.3) is 5.91 Å². The Kier molecular flexibility index (Phi) is 3.23. The standard InChI is InChI=1S/C11H9BrFN3O/c1-16-6-8(5-14-16)15-11(17)9-3-2-7(12)4-10(9)13/h2-6H,1H3,(H,15,17). The van der Waals surface area contributed by atoms with Gasteiger partial charge < -0.3 is 5.32 Å². The molecule has 0 unspecified atom stereocenters. The molecule has 0 aliphatic rings. The third-order valence-electron chi connectivity index (χ3n) is 2.14. The first-order chi connectivity index (χ1) is 8.06. The summed E-state index contributed by atoms with van der Waals surface area (Å²) in [4.78, 5) is 11.8. The fourth-order valence-corrected chi connectivity index (χ4v) is 1.69. The zero-order valence-electron chi connectivity index (χ0n) is 8.95. The SMILES string of the molecule is Cn1cc(NC(=O)c2ccc(Br)cc2F)cn1. The molecule has 0 saturated heterocycles. The zero-order valence-corrected chi connectivity index (χ0v) is 10.5. The minimum atomic E-state index is -0.569. The van der Waals surface area contributed by atoms with Gasteiger partial charge in [-0.2, -0.15) is 5.10 Å². The van der Waals surface area contributed by atoms with Crippen molar-refractivity contribution in [3.8, 4) is 0 Å². The molecule has 1 heterocycles. The fourth-order valence-electron chi connectivity index (χ4n) is 1.36. The van der Waals surface area contributed by atoms with Crippen molar-refractivity contribution in [1.82, 2.24) is 9.78 Å². The average molecular weight is 298 g/mol. The minimum absolute atomic E-state index is 0.00273. The highest BCUT2D eigenvalue weighted by molar-refractivity contribution is 9.10. The highest BCUT2D eigenvalue weighted by Crippen LogP contribution is 2.16. The largest absolute Gasteiger partial charge is 0.319 e. The second-order valence-electron chi connectivity index (χ2n) is 3.48. The quantitative estimate of drug-likeness (QED) is 0.926. The van der Waals surface area contributed by atoms with Crippen LogP contribution in [0.25, 0.3) is 0 Å². The molecule has 17 heavy (non-hydrogen) atoms. The summed E-state index contributed by atoms with van der Waals surface area (Å²) in [5.74, 6) is -1.07. The van der Waals surface area contributed by atoms with Crippen LogP contribution in [-0.4, -0.2) is 15.7 Å². The van der Waals surface area contributed by atoms with Crippen molar-refractivity contribution in [2.75, 3.05) is 5.32 Å². The maximum atomic E-state index is 13.5. The topological polar surface area (TPSA) is 46.9 Å². The third kappa shape index (κ3) is 2.71. The van der Waals surface area contributed by atoms with E-state index in [0.717, 1.165) is 0 Å². The van der Waals surface area contributed by atoms with Gasteiger partial charge in [0.2, 0.25) is 0 Å². The lowest BCUT2D eigenvalue weighted by Crippen LogP contribution is -2.13. The molecular formula is C11H9BrFN3O. The number of aryl methyl sites for hydroxylation is 1. The van der Waals surface area contributed by atoms with E-state index in [-0.39, 0.29) is 5.56 Å². The van der Waals surface area contributed by atoms with Gasteiger partial charge in [-0.1, -0.05) is 15.9 Å². The highest BCUT2D eigenvalue weighted by Gasteiger charge is 2.12. The van der Waals surface area contributed by atoms with E-state index < -0.39 is 11.7 Å². The van der Waals surface area contributed by atoms with E-state index in [4.69, 9.17) is 0 Å². The monoisotopic (exact) mass is 297 g/mol. The van der Waals surface area contributed by atoms with Crippen LogP contribution in [0.2, 0.25) is 0 Å². The van der Waals surface area contributed by atoms with Crippen molar-refractivity contribution in [3.05, 3.63) is 46.4 Å². The number of aromatic nitrogens is 2. The molecule has 2 rings (SSSR count). The molecule has 1 aromatic heterocycles. The molecule has 88 valence electrons. The van der Waals surface area contributed by atoms with Gasteiger partial charge in [-0.15, -0.1) is 0 Å². The Balaban J connectivity index is 2.20. The van der Waals surface area contributed by atoms with Crippen molar-refractivity contribution >= 4 is 27.5 Å². The summed E-state index contributed by atoms with van der Waals surface area (Å²) in [6.45, 7) is 0. The maximum Gasteiger partial charge on any atom is 0.258 e. The molecule has 4 nitrogen and oxygen atoms in total. The molecule has 0 aliphatic carbocycles. The summed E-state index contributed by atoms with van der Waals surface area (Å²) in [6.07, 6.45) is 3.13. The van der Waals surface area contributed by atoms with E-state index in [1.54, 1.807) is 24.0 Å². The Labute approximate surface area is 106 Å². The lowest BCUT2D eigenvalue weighted by Gasteiger charge is -2.03. The predicted octanol–water partition coefficient (Wildman–Crippen LogP) is 2.57. The molecule has 0 saturated carbocycles. The number of nitrogens with one attached hydrogen (secondary N) is 1. The molecule has 6 heteroatoms. The van der Waals surface area contributed by atoms with Crippen molar-refractivity contribution in [1.29, 1.82) is 0 Å². The molecule has 0 atom stereocenters. The predicted molar refractivity (Wildman–Crippen MR) is 65.3 cm³/mol. The van der Waals surface area contributed by atoms with E-state index in [9.17, 15) is 9.18 Å². The lowest BCUT2D eigenvalue weighted by atomic mass is 10.2. The van der Waals surface area contributed by atoms with Crippen LogP contribution in [0.1, 0.15) is 10.4 Å². The molecular weight excluding hydrogens is 289 g/mol.